The van der Waals surface area contributed by atoms with Gasteiger partial charge in [-0.25, -0.2) is 4.52 Å². The summed E-state index contributed by atoms with van der Waals surface area (Å²) in [6.45, 7) is 11.3. The minimum Gasteiger partial charge on any atom is -0.640 e. The van der Waals surface area contributed by atoms with Crippen molar-refractivity contribution in [2.24, 2.45) is 16.7 Å². The van der Waals surface area contributed by atoms with Gasteiger partial charge in [-0.15, -0.1) is 4.67 Å². The van der Waals surface area contributed by atoms with E-state index in [9.17, 15) is 4.89 Å². The number of halogens is 1. The zero-order valence-corrected chi connectivity index (χ0v) is 18.1. The van der Waals surface area contributed by atoms with E-state index in [1.807, 2.05) is 30.3 Å². The quantitative estimate of drug-likeness (QED) is 0.540. The van der Waals surface area contributed by atoms with Crippen molar-refractivity contribution in [3.05, 3.63) is 35.9 Å². The third-order valence-electron chi connectivity index (χ3n) is 7.75. The summed E-state index contributed by atoms with van der Waals surface area (Å²) in [7, 11) is -3.11. The van der Waals surface area contributed by atoms with E-state index in [1.54, 1.807) is 0 Å². The van der Waals surface area contributed by atoms with E-state index in [1.165, 1.54) is 6.42 Å². The minimum atomic E-state index is -3.11. The van der Waals surface area contributed by atoms with Crippen LogP contribution in [0.5, 0.6) is 0 Å². The number of nitrogens with zero attached hydrogens (tertiary/aromatic N) is 1. The Bertz CT molecular complexity index is 684. The predicted octanol–water partition coefficient (Wildman–Crippen LogP) is 4.85. The third-order valence-corrected chi connectivity index (χ3v) is 11.4. The van der Waals surface area contributed by atoms with Crippen molar-refractivity contribution in [1.29, 1.82) is 0 Å². The minimum absolute atomic E-state index is 0.0292. The van der Waals surface area contributed by atoms with Crippen LogP contribution in [0, 0.1) is 16.7 Å². The van der Waals surface area contributed by atoms with Gasteiger partial charge in [0.1, 0.15) is 6.10 Å². The number of fused-ring (bicyclic) bond motifs is 5. The molecular weight excluding hydrogens is 365 g/mol. The number of benzene rings is 1. The number of hydrogen-bond acceptors (Lipinski definition) is 3. The molecule has 3 fully saturated rings. The van der Waals surface area contributed by atoms with Gasteiger partial charge in [-0.2, -0.15) is 0 Å². The molecule has 1 unspecified atom stereocenters. The molecule has 3 nitrogen and oxygen atoms in total. The first kappa shape index (κ1) is 19.2. The van der Waals surface area contributed by atoms with Gasteiger partial charge in [0, 0.05) is 17.9 Å². The van der Waals surface area contributed by atoms with Crippen LogP contribution in [0.1, 0.15) is 53.0 Å². The first-order chi connectivity index (χ1) is 12.1. The highest BCUT2D eigenvalue weighted by Crippen LogP contribution is 2.79. The normalized spacial score (nSPS) is 42.4. The van der Waals surface area contributed by atoms with Crippen molar-refractivity contribution < 1.29 is 9.42 Å². The summed E-state index contributed by atoms with van der Waals surface area (Å²) >= 11 is 6.82. The fourth-order valence-corrected chi connectivity index (χ4v) is 9.53. The van der Waals surface area contributed by atoms with Crippen LogP contribution in [-0.4, -0.2) is 28.0 Å². The van der Waals surface area contributed by atoms with Gasteiger partial charge < -0.3 is 4.89 Å². The second-order valence-electron chi connectivity index (χ2n) is 9.46. The van der Waals surface area contributed by atoms with Crippen LogP contribution in [0.3, 0.4) is 0 Å². The molecule has 1 saturated heterocycles. The van der Waals surface area contributed by atoms with Gasteiger partial charge in [-0.05, 0) is 43.6 Å². The monoisotopic (exact) mass is 395 g/mol. The van der Waals surface area contributed by atoms with Crippen molar-refractivity contribution in [2.45, 2.75) is 77.2 Å². The van der Waals surface area contributed by atoms with Crippen molar-refractivity contribution in [3.63, 3.8) is 0 Å². The van der Waals surface area contributed by atoms with Gasteiger partial charge in [-0.1, -0.05) is 62.7 Å². The lowest BCUT2D eigenvalue weighted by molar-refractivity contribution is -0.206. The van der Waals surface area contributed by atoms with Crippen LogP contribution in [0.25, 0.3) is 0 Å². The summed E-state index contributed by atoms with van der Waals surface area (Å²) in [6.07, 6.45) is 2.96. The summed E-state index contributed by atoms with van der Waals surface area (Å²) in [5.41, 5.74) is 1.40. The van der Waals surface area contributed by atoms with Crippen LogP contribution in [0.4, 0.5) is 0 Å². The average molecular weight is 396 g/mol. The number of alkyl halides is 1. The second kappa shape index (κ2) is 6.16. The molecule has 1 aromatic carbocycles. The Balaban J connectivity index is 1.68. The van der Waals surface area contributed by atoms with Crippen molar-refractivity contribution in [1.82, 2.24) is 4.67 Å². The van der Waals surface area contributed by atoms with Crippen LogP contribution in [-0.2, 0) is 10.9 Å². The molecule has 1 aliphatic heterocycles. The van der Waals surface area contributed by atoms with Crippen LogP contribution in [0.15, 0.2) is 30.3 Å². The summed E-state index contributed by atoms with van der Waals surface area (Å²) in [6, 6.07) is 10.5. The van der Waals surface area contributed by atoms with Gasteiger partial charge in [-0.3, -0.25) is 0 Å². The fourth-order valence-electron chi connectivity index (χ4n) is 5.96. The molecule has 26 heavy (non-hydrogen) atoms. The Labute approximate surface area is 163 Å². The third kappa shape index (κ3) is 2.40. The SMILES string of the molecule is CC(C)N1[C@@H]2[C@H]3CC[C@@](C)([C@@H]2O[P+]1([O-])[C@H](Cl)Cc1ccccc1)C3(C)C. The topological polar surface area (TPSA) is 35.5 Å². The zero-order chi connectivity index (χ0) is 18.9. The zero-order valence-electron chi connectivity index (χ0n) is 16.5. The molecule has 0 amide bonds. The van der Waals surface area contributed by atoms with Crippen LogP contribution < -0.4 is 4.89 Å². The van der Waals surface area contributed by atoms with E-state index in [4.69, 9.17) is 16.1 Å². The molecule has 2 aliphatic carbocycles. The Morgan fingerprint density at radius 2 is 1.92 bits per heavy atom. The smallest absolute Gasteiger partial charge is 0.193 e. The van der Waals surface area contributed by atoms with Gasteiger partial charge in [0.25, 0.3) is 0 Å². The maximum absolute atomic E-state index is 14.1. The Kier molecular flexibility index (Phi) is 4.54. The molecule has 0 spiro atoms. The maximum atomic E-state index is 14.1. The highest BCUT2D eigenvalue weighted by atomic mass is 35.5. The predicted molar refractivity (Wildman–Crippen MR) is 107 cm³/mol. The van der Waals surface area contributed by atoms with Gasteiger partial charge in [0.15, 0.2) is 13.0 Å². The fraction of sp³-hybridized carbons (Fsp3) is 0.714. The number of hydrogen-bond donors (Lipinski definition) is 0. The molecule has 4 rings (SSSR count). The Hall–Kier alpha value is -0.180. The van der Waals surface area contributed by atoms with Gasteiger partial charge in [0.05, 0.1) is 6.04 Å². The van der Waals surface area contributed by atoms with E-state index < -0.39 is 13.0 Å². The molecule has 6 atom stereocenters. The molecule has 5 heteroatoms. The Morgan fingerprint density at radius 3 is 2.54 bits per heavy atom. The molecule has 1 heterocycles. The molecule has 2 saturated carbocycles. The summed E-state index contributed by atoms with van der Waals surface area (Å²) < 4.78 is 8.69. The molecule has 2 bridgehead atoms. The van der Waals surface area contributed by atoms with Gasteiger partial charge >= 0.3 is 0 Å². The molecule has 1 aromatic rings. The first-order valence-electron chi connectivity index (χ1n) is 9.88. The molecule has 3 aliphatic rings. The van der Waals surface area contributed by atoms with E-state index >= 15 is 0 Å². The molecule has 0 aromatic heterocycles. The van der Waals surface area contributed by atoms with Gasteiger partial charge in [0.2, 0.25) is 0 Å². The maximum Gasteiger partial charge on any atom is 0.193 e. The summed E-state index contributed by atoms with van der Waals surface area (Å²) in [5, 5.41) is -0.510. The molecular formula is C21H31ClNO2P. The lowest BCUT2D eigenvalue weighted by atomic mass is 9.70. The Morgan fingerprint density at radius 1 is 1.27 bits per heavy atom. The largest absolute Gasteiger partial charge is 0.640 e. The molecule has 0 N–H and O–H groups in total. The van der Waals surface area contributed by atoms with Crippen molar-refractivity contribution in [3.8, 4) is 0 Å². The average Bonchev–Trinajstić information content (AvgIpc) is 3.07. The highest BCUT2D eigenvalue weighted by molar-refractivity contribution is 7.64. The van der Waals surface area contributed by atoms with Crippen LogP contribution in [0.2, 0.25) is 0 Å². The lowest BCUT2D eigenvalue weighted by Crippen LogP contribution is -2.46. The molecule has 144 valence electrons. The van der Waals surface area contributed by atoms with E-state index in [0.717, 1.165) is 12.0 Å². The lowest BCUT2D eigenvalue weighted by Gasteiger charge is -2.43. The van der Waals surface area contributed by atoms with Crippen molar-refractivity contribution >= 4 is 19.5 Å². The van der Waals surface area contributed by atoms with Crippen LogP contribution >= 0.6 is 19.5 Å². The summed E-state index contributed by atoms with van der Waals surface area (Å²) in [4.78, 5) is 14.1. The van der Waals surface area contributed by atoms with E-state index in [0.29, 0.717) is 12.3 Å². The second-order valence-corrected chi connectivity index (χ2v) is 12.7. The highest BCUT2D eigenvalue weighted by Gasteiger charge is 2.76. The van der Waals surface area contributed by atoms with E-state index in [-0.39, 0.29) is 29.0 Å². The number of rotatable bonds is 4. The first-order valence-corrected chi connectivity index (χ1v) is 12.0. The van der Waals surface area contributed by atoms with Crippen molar-refractivity contribution in [2.75, 3.05) is 0 Å². The molecule has 0 radical (unpaired) electrons. The summed E-state index contributed by atoms with van der Waals surface area (Å²) in [5.74, 6) is 0.524. The van der Waals surface area contributed by atoms with E-state index in [2.05, 4.69) is 39.3 Å². The standard InChI is InChI=1S/C21H31ClNO2P/c1-14(2)23-18-16-11-12-21(5,20(16,3)4)19(18)25-26(23,24)17(22)13-15-9-7-6-8-10-15/h6-10,14,16-19H,11-13H2,1-5H3/t16-,17+,18-,19-,21+,26?/m1/s1.